The highest BCUT2D eigenvalue weighted by Crippen LogP contribution is 2.38. The normalized spacial score (nSPS) is 10.5. The van der Waals surface area contributed by atoms with E-state index >= 15 is 0 Å². The van der Waals surface area contributed by atoms with Crippen LogP contribution in [0.5, 0.6) is 0 Å². The highest BCUT2D eigenvalue weighted by atomic mass is 35.5. The lowest BCUT2D eigenvalue weighted by Crippen LogP contribution is -1.84. The summed E-state index contributed by atoms with van der Waals surface area (Å²) in [6, 6.07) is 6.81. The number of hydrogen-bond acceptors (Lipinski definition) is 1. The molecule has 1 aromatic carbocycles. The van der Waals surface area contributed by atoms with Crippen LogP contribution in [0.3, 0.4) is 0 Å². The third-order valence-corrected chi connectivity index (χ3v) is 3.40. The molecule has 0 bridgehead atoms. The second kappa shape index (κ2) is 4.80. The zero-order valence-corrected chi connectivity index (χ0v) is 10.9. The van der Waals surface area contributed by atoms with Crippen LogP contribution in [-0.2, 0) is 0 Å². The summed E-state index contributed by atoms with van der Waals surface area (Å²) >= 11 is 23.8. The minimum atomic E-state index is 0.415. The fourth-order valence-corrected chi connectivity index (χ4v) is 2.17. The largest absolute Gasteiger partial charge is 0.244 e. The molecule has 0 spiro atoms. The van der Waals surface area contributed by atoms with Gasteiger partial charge < -0.3 is 0 Å². The van der Waals surface area contributed by atoms with E-state index in [1.807, 2.05) is 0 Å². The van der Waals surface area contributed by atoms with Gasteiger partial charge in [-0.25, -0.2) is 4.98 Å². The first-order chi connectivity index (χ1) is 7.59. The summed E-state index contributed by atoms with van der Waals surface area (Å²) in [6.07, 6.45) is 1.60. The van der Waals surface area contributed by atoms with E-state index in [0.29, 0.717) is 25.8 Å². The topological polar surface area (TPSA) is 12.9 Å². The molecule has 0 aliphatic rings. The maximum absolute atomic E-state index is 6.10. The Bertz CT molecular complexity index is 522. The Balaban J connectivity index is 2.63. The number of benzene rings is 1. The van der Waals surface area contributed by atoms with Crippen molar-refractivity contribution in [1.82, 2.24) is 4.98 Å². The van der Waals surface area contributed by atoms with E-state index in [9.17, 15) is 0 Å². The van der Waals surface area contributed by atoms with Crippen molar-refractivity contribution in [3.63, 3.8) is 0 Å². The van der Waals surface area contributed by atoms with Crippen LogP contribution in [0.25, 0.3) is 11.1 Å². The SMILES string of the molecule is Clc1ccc(-c2c(Cl)ccc(Cl)c2Cl)cn1. The predicted octanol–water partition coefficient (Wildman–Crippen LogP) is 5.36. The summed E-state index contributed by atoms with van der Waals surface area (Å²) in [4.78, 5) is 3.97. The lowest BCUT2D eigenvalue weighted by Gasteiger charge is -2.08. The molecule has 0 unspecified atom stereocenters. The third-order valence-electron chi connectivity index (χ3n) is 2.06. The van der Waals surface area contributed by atoms with E-state index in [1.54, 1.807) is 30.5 Å². The van der Waals surface area contributed by atoms with Gasteiger partial charge in [0.1, 0.15) is 5.15 Å². The van der Waals surface area contributed by atoms with Crippen LogP contribution >= 0.6 is 46.4 Å². The Labute approximate surface area is 113 Å². The van der Waals surface area contributed by atoms with Crippen molar-refractivity contribution in [2.45, 2.75) is 0 Å². The van der Waals surface area contributed by atoms with Crippen molar-refractivity contribution in [2.24, 2.45) is 0 Å². The molecule has 0 amide bonds. The highest BCUT2D eigenvalue weighted by Gasteiger charge is 2.11. The molecule has 1 aromatic heterocycles. The van der Waals surface area contributed by atoms with Gasteiger partial charge in [-0.05, 0) is 24.3 Å². The summed E-state index contributed by atoms with van der Waals surface area (Å²) in [7, 11) is 0. The average molecular weight is 293 g/mol. The van der Waals surface area contributed by atoms with Crippen molar-refractivity contribution in [2.75, 3.05) is 0 Å². The standard InChI is InChI=1S/C11H5Cl4N/c12-7-2-3-8(13)11(15)10(7)6-1-4-9(14)16-5-6/h1-5H. The van der Waals surface area contributed by atoms with E-state index in [0.717, 1.165) is 5.56 Å². The molecule has 0 aliphatic heterocycles. The molecule has 0 N–H and O–H groups in total. The van der Waals surface area contributed by atoms with Gasteiger partial charge in [-0.15, -0.1) is 0 Å². The molecule has 0 radical (unpaired) electrons. The van der Waals surface area contributed by atoms with Gasteiger partial charge in [0.25, 0.3) is 0 Å². The maximum Gasteiger partial charge on any atom is 0.129 e. The number of rotatable bonds is 1. The van der Waals surface area contributed by atoms with Crippen molar-refractivity contribution in [1.29, 1.82) is 0 Å². The average Bonchev–Trinajstić information content (AvgIpc) is 2.27. The van der Waals surface area contributed by atoms with Gasteiger partial charge in [-0.3, -0.25) is 0 Å². The summed E-state index contributed by atoms with van der Waals surface area (Å²) in [6.45, 7) is 0. The molecule has 1 nitrogen and oxygen atoms in total. The van der Waals surface area contributed by atoms with Gasteiger partial charge in [0.05, 0.1) is 15.1 Å². The smallest absolute Gasteiger partial charge is 0.129 e. The van der Waals surface area contributed by atoms with Gasteiger partial charge in [-0.1, -0.05) is 46.4 Å². The number of pyridine rings is 1. The minimum absolute atomic E-state index is 0.415. The van der Waals surface area contributed by atoms with E-state index < -0.39 is 0 Å². The summed E-state index contributed by atoms with van der Waals surface area (Å²) in [5, 5.41) is 1.81. The number of hydrogen-bond donors (Lipinski definition) is 0. The Kier molecular flexibility index (Phi) is 3.60. The minimum Gasteiger partial charge on any atom is -0.244 e. The lowest BCUT2D eigenvalue weighted by molar-refractivity contribution is 1.33. The van der Waals surface area contributed by atoms with Crippen LogP contribution in [0.2, 0.25) is 20.2 Å². The van der Waals surface area contributed by atoms with Crippen LogP contribution in [0, 0.1) is 0 Å². The quantitative estimate of drug-likeness (QED) is 0.509. The van der Waals surface area contributed by atoms with Crippen LogP contribution in [0.1, 0.15) is 0 Å². The first-order valence-corrected chi connectivity index (χ1v) is 5.86. The molecule has 2 aromatic rings. The molecule has 0 saturated carbocycles. The molecule has 0 atom stereocenters. The summed E-state index contributed by atoms with van der Waals surface area (Å²) in [5.74, 6) is 0. The molecule has 2 rings (SSSR count). The van der Waals surface area contributed by atoms with E-state index in [2.05, 4.69) is 4.98 Å². The molecule has 1 heterocycles. The van der Waals surface area contributed by atoms with Crippen molar-refractivity contribution in [3.8, 4) is 11.1 Å². The predicted molar refractivity (Wildman–Crippen MR) is 69.7 cm³/mol. The fourth-order valence-electron chi connectivity index (χ4n) is 1.32. The van der Waals surface area contributed by atoms with Gasteiger partial charge in [0, 0.05) is 17.3 Å². The number of nitrogens with zero attached hydrogens (tertiary/aromatic N) is 1. The van der Waals surface area contributed by atoms with Crippen LogP contribution < -0.4 is 0 Å². The molecule has 5 heteroatoms. The first-order valence-electron chi connectivity index (χ1n) is 4.35. The molecule has 0 saturated heterocycles. The molecule has 0 fully saturated rings. The zero-order chi connectivity index (χ0) is 11.7. The second-order valence-electron chi connectivity index (χ2n) is 3.09. The van der Waals surface area contributed by atoms with Crippen molar-refractivity contribution in [3.05, 3.63) is 50.7 Å². The first kappa shape index (κ1) is 12.0. The monoisotopic (exact) mass is 291 g/mol. The molecular weight excluding hydrogens is 288 g/mol. The van der Waals surface area contributed by atoms with Gasteiger partial charge in [-0.2, -0.15) is 0 Å². The molecule has 82 valence electrons. The van der Waals surface area contributed by atoms with E-state index in [1.165, 1.54) is 0 Å². The van der Waals surface area contributed by atoms with Crippen LogP contribution in [0.15, 0.2) is 30.5 Å². The maximum atomic E-state index is 6.10. The number of aromatic nitrogens is 1. The van der Waals surface area contributed by atoms with Gasteiger partial charge in [0.15, 0.2) is 0 Å². The Hall–Kier alpha value is -0.470. The van der Waals surface area contributed by atoms with Crippen LogP contribution in [0.4, 0.5) is 0 Å². The second-order valence-corrected chi connectivity index (χ2v) is 4.67. The summed E-state index contributed by atoms with van der Waals surface area (Å²) in [5.41, 5.74) is 1.45. The third kappa shape index (κ3) is 2.28. The Morgan fingerprint density at radius 2 is 1.50 bits per heavy atom. The fraction of sp³-hybridized carbons (Fsp3) is 0. The van der Waals surface area contributed by atoms with Crippen LogP contribution in [-0.4, -0.2) is 4.98 Å². The van der Waals surface area contributed by atoms with E-state index in [4.69, 9.17) is 46.4 Å². The van der Waals surface area contributed by atoms with Gasteiger partial charge in [0.2, 0.25) is 0 Å². The molecule has 0 aliphatic carbocycles. The van der Waals surface area contributed by atoms with Crippen molar-refractivity contribution >= 4 is 46.4 Å². The Morgan fingerprint density at radius 1 is 0.812 bits per heavy atom. The molecular formula is C11H5Cl4N. The zero-order valence-electron chi connectivity index (χ0n) is 7.85. The Morgan fingerprint density at radius 3 is 2.12 bits per heavy atom. The molecule has 16 heavy (non-hydrogen) atoms. The number of halogens is 4. The van der Waals surface area contributed by atoms with E-state index in [-0.39, 0.29) is 0 Å². The summed E-state index contributed by atoms with van der Waals surface area (Å²) < 4.78 is 0. The van der Waals surface area contributed by atoms with Gasteiger partial charge >= 0.3 is 0 Å². The van der Waals surface area contributed by atoms with Crippen molar-refractivity contribution < 1.29 is 0 Å². The lowest BCUT2D eigenvalue weighted by atomic mass is 10.1. The highest BCUT2D eigenvalue weighted by molar-refractivity contribution is 6.46.